The molecule has 4 nitrogen and oxygen atoms in total. The molecule has 0 spiro atoms. The third kappa shape index (κ3) is 2.89. The van der Waals surface area contributed by atoms with Gasteiger partial charge in [0.05, 0.1) is 6.10 Å². The van der Waals surface area contributed by atoms with Crippen LogP contribution in [0.5, 0.6) is 0 Å². The molecule has 18 heavy (non-hydrogen) atoms. The van der Waals surface area contributed by atoms with E-state index >= 15 is 0 Å². The number of nitrogens with two attached hydrogens (primary N) is 1. The van der Waals surface area contributed by atoms with E-state index in [0.717, 1.165) is 24.0 Å². The Hall–Kier alpha value is -1.39. The van der Waals surface area contributed by atoms with E-state index in [1.54, 1.807) is 7.11 Å². The molecular weight excluding hydrogens is 228 g/mol. The fourth-order valence-electron chi connectivity index (χ4n) is 2.09. The Morgan fingerprint density at radius 1 is 1.39 bits per heavy atom. The van der Waals surface area contributed by atoms with E-state index in [1.807, 2.05) is 31.2 Å². The lowest BCUT2D eigenvalue weighted by Gasteiger charge is -2.35. The molecule has 1 aromatic carbocycles. The van der Waals surface area contributed by atoms with E-state index in [2.05, 4.69) is 5.32 Å². The summed E-state index contributed by atoms with van der Waals surface area (Å²) in [6, 6.07) is 7.35. The molecule has 1 fully saturated rings. The summed E-state index contributed by atoms with van der Waals surface area (Å²) in [6.07, 6.45) is 2.04. The lowest BCUT2D eigenvalue weighted by Crippen LogP contribution is -2.49. The second-order valence-corrected chi connectivity index (χ2v) is 4.92. The highest BCUT2D eigenvalue weighted by atomic mass is 16.5. The van der Waals surface area contributed by atoms with Gasteiger partial charge in [-0.3, -0.25) is 4.79 Å². The van der Waals surface area contributed by atoms with Crippen molar-refractivity contribution in [2.75, 3.05) is 7.11 Å². The molecule has 0 saturated heterocycles. The number of carbonyl (C=O) groups excluding carboxylic acids is 1. The topological polar surface area (TPSA) is 64.3 Å². The lowest BCUT2D eigenvalue weighted by atomic mass is 9.89. The summed E-state index contributed by atoms with van der Waals surface area (Å²) >= 11 is 0. The zero-order valence-corrected chi connectivity index (χ0v) is 10.8. The number of carbonyl (C=O) groups is 1. The molecule has 1 aliphatic rings. The Bertz CT molecular complexity index is 410. The maximum absolute atomic E-state index is 11.9. The summed E-state index contributed by atoms with van der Waals surface area (Å²) < 4.78 is 5.17. The highest BCUT2D eigenvalue weighted by molar-refractivity contribution is 5.83. The number of hydrogen-bond donors (Lipinski definition) is 2. The minimum absolute atomic E-state index is 0.113. The van der Waals surface area contributed by atoms with Crippen LogP contribution in [0, 0.1) is 6.92 Å². The fourth-order valence-corrected chi connectivity index (χ4v) is 2.09. The van der Waals surface area contributed by atoms with E-state index in [4.69, 9.17) is 10.5 Å². The molecule has 3 N–H and O–H groups in total. The van der Waals surface area contributed by atoms with Gasteiger partial charge in [-0.25, -0.2) is 0 Å². The molecule has 0 aromatic heterocycles. The molecule has 1 amide bonds. The highest BCUT2D eigenvalue weighted by Crippen LogP contribution is 2.23. The van der Waals surface area contributed by atoms with Crippen LogP contribution in [0.4, 0.5) is 0 Å². The van der Waals surface area contributed by atoms with Crippen LogP contribution in [0.25, 0.3) is 0 Å². The van der Waals surface area contributed by atoms with Crippen molar-refractivity contribution in [2.24, 2.45) is 5.73 Å². The first-order valence-electron chi connectivity index (χ1n) is 6.25. The Morgan fingerprint density at radius 3 is 2.56 bits per heavy atom. The number of methoxy groups -OCH3 is 1. The first kappa shape index (κ1) is 13.1. The zero-order valence-electron chi connectivity index (χ0n) is 10.8. The third-order valence-corrected chi connectivity index (χ3v) is 3.49. The van der Waals surface area contributed by atoms with Crippen molar-refractivity contribution < 1.29 is 9.53 Å². The van der Waals surface area contributed by atoms with Crippen molar-refractivity contribution >= 4 is 5.91 Å². The lowest BCUT2D eigenvalue weighted by molar-refractivity contribution is -0.124. The monoisotopic (exact) mass is 248 g/mol. The summed E-state index contributed by atoms with van der Waals surface area (Å²) in [6.45, 7) is 2.01. The fraction of sp³-hybridized carbons (Fsp3) is 0.500. The summed E-state index contributed by atoms with van der Waals surface area (Å²) in [5, 5.41) is 2.95. The quantitative estimate of drug-likeness (QED) is 0.844. The number of hydrogen-bond acceptors (Lipinski definition) is 3. The number of amides is 1. The molecule has 4 heteroatoms. The standard InChI is InChI=1S/C14H20N2O2/c1-9-3-5-10(6-4-9)13(15)14(17)16-11-7-12(8-11)18-2/h3-6,11-13H,7-8,15H2,1-2H3,(H,16,17). The van der Waals surface area contributed by atoms with Gasteiger partial charge in [0.1, 0.15) is 6.04 Å². The maximum atomic E-state index is 11.9. The van der Waals surface area contributed by atoms with Crippen LogP contribution < -0.4 is 11.1 Å². The number of rotatable bonds is 4. The van der Waals surface area contributed by atoms with Crippen molar-refractivity contribution in [3.63, 3.8) is 0 Å². The van der Waals surface area contributed by atoms with E-state index in [0.29, 0.717) is 0 Å². The van der Waals surface area contributed by atoms with Gasteiger partial charge < -0.3 is 15.8 Å². The molecule has 1 aromatic rings. The van der Waals surface area contributed by atoms with Crippen molar-refractivity contribution in [3.8, 4) is 0 Å². The molecule has 0 radical (unpaired) electrons. The molecule has 0 aliphatic heterocycles. The average Bonchev–Trinajstić information content (AvgIpc) is 2.33. The van der Waals surface area contributed by atoms with E-state index in [9.17, 15) is 4.79 Å². The van der Waals surface area contributed by atoms with Crippen molar-refractivity contribution in [1.82, 2.24) is 5.32 Å². The van der Waals surface area contributed by atoms with Crippen LogP contribution in [0.2, 0.25) is 0 Å². The van der Waals surface area contributed by atoms with Gasteiger partial charge in [-0.15, -0.1) is 0 Å². The summed E-state index contributed by atoms with van der Waals surface area (Å²) in [4.78, 5) is 11.9. The highest BCUT2D eigenvalue weighted by Gasteiger charge is 2.31. The van der Waals surface area contributed by atoms with Crippen LogP contribution >= 0.6 is 0 Å². The van der Waals surface area contributed by atoms with Gasteiger partial charge in [-0.1, -0.05) is 29.8 Å². The zero-order chi connectivity index (χ0) is 13.1. The van der Waals surface area contributed by atoms with Crippen LogP contribution in [0.3, 0.4) is 0 Å². The number of ether oxygens (including phenoxy) is 1. The van der Waals surface area contributed by atoms with Gasteiger partial charge in [0.25, 0.3) is 0 Å². The maximum Gasteiger partial charge on any atom is 0.241 e. The molecule has 2 rings (SSSR count). The number of benzene rings is 1. The van der Waals surface area contributed by atoms with Crippen LogP contribution in [-0.4, -0.2) is 25.2 Å². The molecule has 1 saturated carbocycles. The summed E-state index contributed by atoms with van der Waals surface area (Å²) in [5.74, 6) is -0.113. The van der Waals surface area contributed by atoms with Crippen LogP contribution in [0.15, 0.2) is 24.3 Å². The van der Waals surface area contributed by atoms with Crippen molar-refractivity contribution in [2.45, 2.75) is 38.0 Å². The Kier molecular flexibility index (Phi) is 3.99. The van der Waals surface area contributed by atoms with Gasteiger partial charge in [-0.05, 0) is 25.3 Å². The number of nitrogens with one attached hydrogen (secondary N) is 1. The second kappa shape index (κ2) is 5.50. The van der Waals surface area contributed by atoms with E-state index in [1.165, 1.54) is 0 Å². The molecule has 0 heterocycles. The van der Waals surface area contributed by atoms with E-state index < -0.39 is 6.04 Å². The summed E-state index contributed by atoms with van der Waals surface area (Å²) in [7, 11) is 1.70. The van der Waals surface area contributed by atoms with Crippen LogP contribution in [0.1, 0.15) is 30.0 Å². The van der Waals surface area contributed by atoms with E-state index in [-0.39, 0.29) is 18.1 Å². The molecular formula is C14H20N2O2. The second-order valence-electron chi connectivity index (χ2n) is 4.92. The number of aryl methyl sites for hydroxylation is 1. The average molecular weight is 248 g/mol. The molecule has 1 aliphatic carbocycles. The van der Waals surface area contributed by atoms with Gasteiger partial charge in [-0.2, -0.15) is 0 Å². The molecule has 1 unspecified atom stereocenters. The van der Waals surface area contributed by atoms with Gasteiger partial charge >= 0.3 is 0 Å². The molecule has 0 bridgehead atoms. The normalized spacial score (nSPS) is 24.2. The predicted molar refractivity (Wildman–Crippen MR) is 70.1 cm³/mol. The van der Waals surface area contributed by atoms with Gasteiger partial charge in [0.2, 0.25) is 5.91 Å². The smallest absolute Gasteiger partial charge is 0.241 e. The van der Waals surface area contributed by atoms with Gasteiger partial charge in [0, 0.05) is 13.2 Å². The SMILES string of the molecule is COC1CC(NC(=O)C(N)c2ccc(C)cc2)C1. The first-order chi connectivity index (χ1) is 8.60. The largest absolute Gasteiger partial charge is 0.381 e. The van der Waals surface area contributed by atoms with Gasteiger partial charge in [0.15, 0.2) is 0 Å². The Labute approximate surface area is 108 Å². The first-order valence-corrected chi connectivity index (χ1v) is 6.25. The Balaban J connectivity index is 1.87. The Morgan fingerprint density at radius 2 is 2.00 bits per heavy atom. The minimum Gasteiger partial charge on any atom is -0.381 e. The third-order valence-electron chi connectivity index (χ3n) is 3.49. The van der Waals surface area contributed by atoms with Crippen molar-refractivity contribution in [3.05, 3.63) is 35.4 Å². The minimum atomic E-state index is -0.591. The predicted octanol–water partition coefficient (Wildman–Crippen LogP) is 1.29. The van der Waals surface area contributed by atoms with Crippen molar-refractivity contribution in [1.29, 1.82) is 0 Å². The summed E-state index contributed by atoms with van der Waals surface area (Å²) in [5.41, 5.74) is 7.95. The molecule has 1 atom stereocenters. The molecule has 98 valence electrons. The van der Waals surface area contributed by atoms with Crippen LogP contribution in [-0.2, 0) is 9.53 Å².